The van der Waals surface area contributed by atoms with Crippen molar-refractivity contribution in [2.75, 3.05) is 19.6 Å². The molecule has 2 atom stereocenters. The largest absolute Gasteiger partial charge is 0.387 e. The number of piperidine rings is 1. The first-order valence-corrected chi connectivity index (χ1v) is 7.87. The zero-order valence-corrected chi connectivity index (χ0v) is 12.9. The van der Waals surface area contributed by atoms with Gasteiger partial charge in [0.05, 0.1) is 12.1 Å². The first-order valence-electron chi connectivity index (χ1n) is 7.87. The van der Waals surface area contributed by atoms with Gasteiger partial charge < -0.3 is 15.7 Å². The van der Waals surface area contributed by atoms with E-state index in [1.807, 2.05) is 30.3 Å². The van der Waals surface area contributed by atoms with E-state index in [0.29, 0.717) is 0 Å². The van der Waals surface area contributed by atoms with Crippen LogP contribution in [-0.2, 0) is 0 Å². The van der Waals surface area contributed by atoms with Crippen molar-refractivity contribution in [2.45, 2.75) is 25.0 Å². The monoisotopic (exact) mass is 315 g/mol. The van der Waals surface area contributed by atoms with E-state index in [1.165, 1.54) is 0 Å². The lowest BCUT2D eigenvalue weighted by Crippen LogP contribution is -2.32. The Balaban J connectivity index is 1.55. The number of benzene rings is 1. The van der Waals surface area contributed by atoms with Gasteiger partial charge in [-0.1, -0.05) is 30.3 Å². The van der Waals surface area contributed by atoms with E-state index in [4.69, 9.17) is 0 Å². The summed E-state index contributed by atoms with van der Waals surface area (Å²) in [6, 6.07) is 9.46. The van der Waals surface area contributed by atoms with Crippen LogP contribution < -0.4 is 10.6 Å². The van der Waals surface area contributed by atoms with Crippen LogP contribution in [0.5, 0.6) is 0 Å². The smallest absolute Gasteiger partial charge is 0.291 e. The zero-order chi connectivity index (χ0) is 16.1. The highest BCUT2D eigenvalue weighted by Gasteiger charge is 2.19. The van der Waals surface area contributed by atoms with Gasteiger partial charge in [0, 0.05) is 13.1 Å². The molecule has 1 aliphatic rings. The second-order valence-corrected chi connectivity index (χ2v) is 5.68. The highest BCUT2D eigenvalue weighted by atomic mass is 16.3. The number of aliphatic hydroxyl groups is 1. The second-order valence-electron chi connectivity index (χ2n) is 5.68. The highest BCUT2D eigenvalue weighted by molar-refractivity contribution is 5.90. The van der Waals surface area contributed by atoms with Crippen molar-refractivity contribution in [2.24, 2.45) is 0 Å². The van der Waals surface area contributed by atoms with Crippen molar-refractivity contribution in [3.63, 3.8) is 0 Å². The van der Waals surface area contributed by atoms with Gasteiger partial charge in [-0.15, -0.1) is 5.10 Å². The summed E-state index contributed by atoms with van der Waals surface area (Å²) in [6.45, 7) is 2.00. The Kier molecular flexibility index (Phi) is 4.99. The van der Waals surface area contributed by atoms with Crippen LogP contribution in [0.25, 0.3) is 0 Å². The average Bonchev–Trinajstić information content (AvgIpc) is 3.11. The van der Waals surface area contributed by atoms with Crippen molar-refractivity contribution < 1.29 is 9.90 Å². The number of aliphatic hydroxyl groups excluding tert-OH is 1. The van der Waals surface area contributed by atoms with Gasteiger partial charge in [0.15, 0.2) is 0 Å². The molecule has 0 unspecified atom stereocenters. The molecule has 1 saturated heterocycles. The number of nitrogens with one attached hydrogen (secondary N) is 2. The maximum atomic E-state index is 12.1. The molecule has 3 rings (SSSR count). The summed E-state index contributed by atoms with van der Waals surface area (Å²) in [6.07, 6.45) is 2.98. The molecule has 1 aliphatic heterocycles. The van der Waals surface area contributed by atoms with Gasteiger partial charge in [0.25, 0.3) is 5.91 Å². The van der Waals surface area contributed by atoms with Gasteiger partial charge in [0.2, 0.25) is 5.82 Å². The summed E-state index contributed by atoms with van der Waals surface area (Å²) in [5, 5.41) is 20.3. The maximum Gasteiger partial charge on any atom is 0.291 e. The molecule has 2 aromatic rings. The Labute approximate surface area is 134 Å². The van der Waals surface area contributed by atoms with Crippen LogP contribution in [0.4, 0.5) is 0 Å². The highest BCUT2D eigenvalue weighted by Crippen LogP contribution is 2.15. The summed E-state index contributed by atoms with van der Waals surface area (Å²) in [5.41, 5.74) is 0.763. The van der Waals surface area contributed by atoms with E-state index >= 15 is 0 Å². The van der Waals surface area contributed by atoms with E-state index < -0.39 is 6.10 Å². The van der Waals surface area contributed by atoms with Gasteiger partial charge in [-0.3, -0.25) is 4.79 Å². The average molecular weight is 315 g/mol. The molecule has 23 heavy (non-hydrogen) atoms. The van der Waals surface area contributed by atoms with Gasteiger partial charge in [0.1, 0.15) is 6.33 Å². The number of amides is 1. The number of nitrogens with zero attached hydrogens (tertiary/aromatic N) is 3. The number of hydrogen-bond donors (Lipinski definition) is 3. The minimum Gasteiger partial charge on any atom is -0.387 e. The minimum absolute atomic E-state index is 0.127. The molecular weight excluding hydrogens is 294 g/mol. The Morgan fingerprint density at radius 2 is 2.26 bits per heavy atom. The fourth-order valence-electron chi connectivity index (χ4n) is 2.68. The molecule has 0 radical (unpaired) electrons. The molecule has 2 heterocycles. The van der Waals surface area contributed by atoms with E-state index in [2.05, 4.69) is 20.7 Å². The molecule has 1 aromatic carbocycles. The number of carbonyl (C=O) groups is 1. The molecule has 1 amide bonds. The van der Waals surface area contributed by atoms with Crippen molar-refractivity contribution in [1.29, 1.82) is 0 Å². The predicted octanol–water partition coefficient (Wildman–Crippen LogP) is 0.666. The Hall–Kier alpha value is -2.25. The van der Waals surface area contributed by atoms with Crippen LogP contribution in [-0.4, -0.2) is 45.4 Å². The molecule has 0 spiro atoms. The number of aromatic nitrogens is 3. The summed E-state index contributed by atoms with van der Waals surface area (Å²) in [7, 11) is 0. The second kappa shape index (κ2) is 7.34. The van der Waals surface area contributed by atoms with Gasteiger partial charge in [-0.25, -0.2) is 9.67 Å². The molecule has 7 heteroatoms. The lowest BCUT2D eigenvalue weighted by Gasteiger charge is -2.22. The van der Waals surface area contributed by atoms with Crippen LogP contribution in [0.15, 0.2) is 36.7 Å². The van der Waals surface area contributed by atoms with Crippen LogP contribution >= 0.6 is 0 Å². The summed E-state index contributed by atoms with van der Waals surface area (Å²) in [4.78, 5) is 16.2. The van der Waals surface area contributed by atoms with Crippen molar-refractivity contribution in [3.05, 3.63) is 48.0 Å². The number of rotatable bonds is 5. The fraction of sp³-hybridized carbons (Fsp3) is 0.438. The Morgan fingerprint density at radius 1 is 1.43 bits per heavy atom. The number of carbonyl (C=O) groups excluding carboxylic acids is 1. The van der Waals surface area contributed by atoms with Crippen molar-refractivity contribution >= 4 is 5.91 Å². The predicted molar refractivity (Wildman–Crippen MR) is 84.9 cm³/mol. The standard InChI is InChI=1S/C16H21N5O2/c22-14(12-5-2-1-3-6-12)10-18-16(23)15-19-11-21(20-15)13-7-4-8-17-9-13/h1-3,5-6,11,13-14,17,22H,4,7-10H2,(H,18,23)/t13-,14+/m1/s1. The van der Waals surface area contributed by atoms with Crippen LogP contribution in [0, 0.1) is 0 Å². The molecule has 0 saturated carbocycles. The number of hydrogen-bond acceptors (Lipinski definition) is 5. The molecule has 1 fully saturated rings. The Morgan fingerprint density at radius 3 is 3.00 bits per heavy atom. The lowest BCUT2D eigenvalue weighted by molar-refractivity contribution is 0.0905. The first kappa shape index (κ1) is 15.6. The third-order valence-corrected chi connectivity index (χ3v) is 4.00. The molecule has 122 valence electrons. The lowest BCUT2D eigenvalue weighted by atomic mass is 10.1. The minimum atomic E-state index is -0.746. The van der Waals surface area contributed by atoms with E-state index in [0.717, 1.165) is 31.5 Å². The topological polar surface area (TPSA) is 92.1 Å². The first-order chi connectivity index (χ1) is 11.2. The van der Waals surface area contributed by atoms with Crippen molar-refractivity contribution in [1.82, 2.24) is 25.4 Å². The van der Waals surface area contributed by atoms with Crippen molar-refractivity contribution in [3.8, 4) is 0 Å². The third kappa shape index (κ3) is 3.94. The molecule has 3 N–H and O–H groups in total. The molecule has 1 aromatic heterocycles. The van der Waals surface area contributed by atoms with Gasteiger partial charge in [-0.2, -0.15) is 0 Å². The molecule has 0 aliphatic carbocycles. The summed E-state index contributed by atoms with van der Waals surface area (Å²) >= 11 is 0. The van der Waals surface area contributed by atoms with Crippen LogP contribution in [0.1, 0.15) is 41.2 Å². The van der Waals surface area contributed by atoms with Crippen LogP contribution in [0.2, 0.25) is 0 Å². The van der Waals surface area contributed by atoms with Crippen LogP contribution in [0.3, 0.4) is 0 Å². The fourth-order valence-corrected chi connectivity index (χ4v) is 2.68. The van der Waals surface area contributed by atoms with E-state index in [9.17, 15) is 9.90 Å². The molecule has 7 nitrogen and oxygen atoms in total. The van der Waals surface area contributed by atoms with E-state index in [-0.39, 0.29) is 24.3 Å². The summed E-state index contributed by atoms with van der Waals surface area (Å²) < 4.78 is 1.74. The molecular formula is C16H21N5O2. The Bertz CT molecular complexity index is 637. The normalized spacial score (nSPS) is 19.3. The van der Waals surface area contributed by atoms with E-state index in [1.54, 1.807) is 11.0 Å². The summed E-state index contributed by atoms with van der Waals surface area (Å²) in [5.74, 6) is -0.238. The van der Waals surface area contributed by atoms with Gasteiger partial charge in [-0.05, 0) is 24.9 Å². The molecule has 0 bridgehead atoms. The quantitative estimate of drug-likeness (QED) is 0.754. The van der Waals surface area contributed by atoms with Gasteiger partial charge >= 0.3 is 0 Å². The maximum absolute atomic E-state index is 12.1. The third-order valence-electron chi connectivity index (χ3n) is 4.00. The zero-order valence-electron chi connectivity index (χ0n) is 12.9. The SMILES string of the molecule is O=C(NC[C@H](O)c1ccccc1)c1ncn([C@@H]2CCCNC2)n1.